The maximum absolute atomic E-state index is 11.0. The smallest absolute Gasteiger partial charge is 0.264 e. The van der Waals surface area contributed by atoms with E-state index in [1.54, 1.807) is 29.5 Å². The minimum atomic E-state index is -3.46. The van der Waals surface area contributed by atoms with E-state index in [4.69, 9.17) is 13.7 Å². The van der Waals surface area contributed by atoms with E-state index in [0.29, 0.717) is 19.0 Å². The van der Waals surface area contributed by atoms with Gasteiger partial charge in [-0.05, 0) is 53.9 Å². The van der Waals surface area contributed by atoms with Crippen molar-refractivity contribution in [2.24, 2.45) is 0 Å². The molecule has 1 aromatic carbocycles. The Balaban J connectivity index is 1.86. The van der Waals surface area contributed by atoms with Gasteiger partial charge in [-0.3, -0.25) is 4.18 Å². The van der Waals surface area contributed by atoms with Crippen LogP contribution in [0.15, 0.2) is 41.1 Å². The molecule has 0 amide bonds. The van der Waals surface area contributed by atoms with Crippen molar-refractivity contribution in [1.82, 2.24) is 0 Å². The van der Waals surface area contributed by atoms with E-state index in [0.717, 1.165) is 17.4 Å². The molecule has 24 heavy (non-hydrogen) atoms. The molecule has 0 aliphatic heterocycles. The van der Waals surface area contributed by atoms with Crippen LogP contribution >= 0.6 is 11.3 Å². The van der Waals surface area contributed by atoms with Crippen LogP contribution in [-0.4, -0.2) is 26.9 Å². The lowest BCUT2D eigenvalue weighted by molar-refractivity contribution is -0.0568. The van der Waals surface area contributed by atoms with Crippen LogP contribution in [0.5, 0.6) is 5.75 Å². The highest BCUT2D eigenvalue weighted by Crippen LogP contribution is 2.19. The first kappa shape index (κ1) is 18.9. The molecule has 132 valence electrons. The van der Waals surface area contributed by atoms with E-state index in [2.05, 4.69) is 5.38 Å². The summed E-state index contributed by atoms with van der Waals surface area (Å²) in [5.74, 6) is 0.650. The zero-order chi connectivity index (χ0) is 17.6. The largest absolute Gasteiger partial charge is 0.491 e. The third-order valence-electron chi connectivity index (χ3n) is 3.13. The second kappa shape index (κ2) is 8.11. The third-order valence-corrected chi connectivity index (χ3v) is 4.41. The van der Waals surface area contributed by atoms with Crippen molar-refractivity contribution < 1.29 is 22.1 Å². The molecule has 0 saturated heterocycles. The lowest BCUT2D eigenvalue weighted by Gasteiger charge is -2.25. The topological polar surface area (TPSA) is 61.8 Å². The summed E-state index contributed by atoms with van der Waals surface area (Å²) in [6.07, 6.45) is 1.03. The van der Waals surface area contributed by atoms with Gasteiger partial charge in [-0.25, -0.2) is 0 Å². The molecule has 0 N–H and O–H groups in total. The molecule has 1 aromatic heterocycles. The van der Waals surface area contributed by atoms with Crippen molar-refractivity contribution in [2.75, 3.05) is 12.9 Å². The fourth-order valence-electron chi connectivity index (χ4n) is 1.85. The minimum Gasteiger partial charge on any atom is -0.491 e. The minimum absolute atomic E-state index is 0.00587. The Labute approximate surface area is 147 Å². The Morgan fingerprint density at radius 3 is 2.58 bits per heavy atom. The molecule has 0 unspecified atom stereocenters. The summed E-state index contributed by atoms with van der Waals surface area (Å²) in [6.45, 7) is 4.86. The van der Waals surface area contributed by atoms with Crippen LogP contribution in [-0.2, 0) is 32.3 Å². The second-order valence-electron chi connectivity index (χ2n) is 6.08. The van der Waals surface area contributed by atoms with Gasteiger partial charge in [0, 0.05) is 0 Å². The summed E-state index contributed by atoms with van der Waals surface area (Å²) in [5, 5.41) is 4.08. The fraction of sp³-hybridized carbons (Fsp3) is 0.412. The Kier molecular flexibility index (Phi) is 6.40. The molecule has 2 aromatic rings. The van der Waals surface area contributed by atoms with Crippen LogP contribution in [0.3, 0.4) is 0 Å². The summed E-state index contributed by atoms with van der Waals surface area (Å²) in [5.41, 5.74) is 1.43. The lowest BCUT2D eigenvalue weighted by Crippen LogP contribution is -2.32. The first-order valence-electron chi connectivity index (χ1n) is 7.45. The fourth-order valence-corrected chi connectivity index (χ4v) is 2.86. The molecule has 0 aliphatic rings. The molecule has 1 heterocycles. The molecule has 0 saturated carbocycles. The number of benzene rings is 1. The van der Waals surface area contributed by atoms with Crippen LogP contribution in [0.25, 0.3) is 0 Å². The van der Waals surface area contributed by atoms with E-state index >= 15 is 0 Å². The Morgan fingerprint density at radius 2 is 1.92 bits per heavy atom. The van der Waals surface area contributed by atoms with Gasteiger partial charge in [-0.15, -0.1) is 0 Å². The van der Waals surface area contributed by atoms with Gasteiger partial charge in [0.25, 0.3) is 10.1 Å². The average molecular weight is 370 g/mol. The second-order valence-corrected chi connectivity index (χ2v) is 8.51. The van der Waals surface area contributed by atoms with E-state index in [1.165, 1.54) is 0 Å². The standard InChI is InChI=1S/C17H22O5S2/c1-17(2,21-10-15-7-8-23-12-15)13-20-16-6-4-5-14(9-16)11-22-24(3,18)19/h4-9,12H,10-11,13H2,1-3H3. The quantitative estimate of drug-likeness (QED) is 0.631. The lowest BCUT2D eigenvalue weighted by atomic mass is 10.1. The monoisotopic (exact) mass is 370 g/mol. The summed E-state index contributed by atoms with van der Waals surface area (Å²) in [7, 11) is -3.46. The average Bonchev–Trinajstić information content (AvgIpc) is 3.03. The van der Waals surface area contributed by atoms with Crippen molar-refractivity contribution in [1.29, 1.82) is 0 Å². The predicted octanol–water partition coefficient (Wildman–Crippen LogP) is 3.60. The van der Waals surface area contributed by atoms with E-state index in [-0.39, 0.29) is 6.61 Å². The van der Waals surface area contributed by atoms with Crippen LogP contribution < -0.4 is 4.74 Å². The van der Waals surface area contributed by atoms with Crippen LogP contribution in [0.4, 0.5) is 0 Å². The molecule has 0 radical (unpaired) electrons. The van der Waals surface area contributed by atoms with Gasteiger partial charge in [0.05, 0.1) is 25.1 Å². The highest BCUT2D eigenvalue weighted by Gasteiger charge is 2.20. The van der Waals surface area contributed by atoms with Gasteiger partial charge in [-0.1, -0.05) is 12.1 Å². The molecule has 0 fully saturated rings. The molecule has 7 heteroatoms. The van der Waals surface area contributed by atoms with Crippen molar-refractivity contribution in [3.8, 4) is 5.75 Å². The maximum Gasteiger partial charge on any atom is 0.264 e. The molecule has 5 nitrogen and oxygen atoms in total. The Morgan fingerprint density at radius 1 is 1.12 bits per heavy atom. The molecule has 2 rings (SSSR count). The van der Waals surface area contributed by atoms with Crippen molar-refractivity contribution >= 4 is 21.5 Å². The maximum atomic E-state index is 11.0. The number of thiophene rings is 1. The van der Waals surface area contributed by atoms with E-state index in [1.807, 2.05) is 31.4 Å². The summed E-state index contributed by atoms with van der Waals surface area (Å²) in [6, 6.07) is 9.21. The van der Waals surface area contributed by atoms with Crippen LogP contribution in [0, 0.1) is 0 Å². The Hall–Kier alpha value is -1.41. The Bertz CT molecular complexity index is 736. The number of hydrogen-bond acceptors (Lipinski definition) is 6. The van der Waals surface area contributed by atoms with Crippen molar-refractivity contribution in [3.63, 3.8) is 0 Å². The summed E-state index contributed by atoms with van der Waals surface area (Å²) in [4.78, 5) is 0. The highest BCUT2D eigenvalue weighted by molar-refractivity contribution is 7.85. The number of ether oxygens (including phenoxy) is 2. The zero-order valence-electron chi connectivity index (χ0n) is 14.0. The van der Waals surface area contributed by atoms with Crippen molar-refractivity contribution in [3.05, 3.63) is 52.2 Å². The van der Waals surface area contributed by atoms with Crippen LogP contribution in [0.1, 0.15) is 25.0 Å². The van der Waals surface area contributed by atoms with Gasteiger partial charge in [-0.2, -0.15) is 19.8 Å². The SMILES string of the molecule is CC(C)(COc1cccc(COS(C)(=O)=O)c1)OCc1ccsc1. The van der Waals surface area contributed by atoms with Gasteiger partial charge >= 0.3 is 0 Å². The summed E-state index contributed by atoms with van der Waals surface area (Å²) < 4.78 is 38.6. The first-order chi connectivity index (χ1) is 11.2. The number of rotatable bonds is 9. The normalized spacial score (nSPS) is 12.3. The highest BCUT2D eigenvalue weighted by atomic mass is 32.2. The van der Waals surface area contributed by atoms with E-state index in [9.17, 15) is 8.42 Å². The predicted molar refractivity (Wildman–Crippen MR) is 94.8 cm³/mol. The zero-order valence-corrected chi connectivity index (χ0v) is 15.7. The molecule has 0 aliphatic carbocycles. The molecular formula is C17H22O5S2. The molecule has 0 bridgehead atoms. The first-order valence-corrected chi connectivity index (χ1v) is 10.2. The molecule has 0 atom stereocenters. The number of hydrogen-bond donors (Lipinski definition) is 0. The van der Waals surface area contributed by atoms with Crippen LogP contribution in [0.2, 0.25) is 0 Å². The molecule has 0 spiro atoms. The summed E-state index contributed by atoms with van der Waals surface area (Å²) >= 11 is 1.64. The van der Waals surface area contributed by atoms with Gasteiger partial charge in [0.15, 0.2) is 0 Å². The van der Waals surface area contributed by atoms with Crippen molar-refractivity contribution in [2.45, 2.75) is 32.7 Å². The third kappa shape index (κ3) is 7.00. The van der Waals surface area contributed by atoms with E-state index < -0.39 is 15.7 Å². The molecular weight excluding hydrogens is 348 g/mol. The van der Waals surface area contributed by atoms with Gasteiger partial charge in [0.1, 0.15) is 12.4 Å². The van der Waals surface area contributed by atoms with Gasteiger partial charge in [0.2, 0.25) is 0 Å². The van der Waals surface area contributed by atoms with Gasteiger partial charge < -0.3 is 9.47 Å².